The predicted octanol–water partition coefficient (Wildman–Crippen LogP) is 6.27. The number of carbonyl (C=O) groups excluding carboxylic acids is 1. The Labute approximate surface area is 219 Å². The molecule has 194 valence electrons. The molecule has 0 N–H and O–H groups in total. The average molecular weight is 513 g/mol. The Morgan fingerprint density at radius 1 is 1.00 bits per heavy atom. The van der Waals surface area contributed by atoms with E-state index in [4.69, 9.17) is 30.5 Å². The van der Waals surface area contributed by atoms with Gasteiger partial charge in [-0.3, -0.25) is 4.79 Å². The quantitative estimate of drug-likeness (QED) is 0.345. The van der Waals surface area contributed by atoms with Crippen molar-refractivity contribution < 1.29 is 23.7 Å². The monoisotopic (exact) mass is 512 g/mol. The van der Waals surface area contributed by atoms with Crippen LogP contribution in [0.3, 0.4) is 0 Å². The smallest absolute Gasteiger partial charge is 0.185 e. The molecule has 2 aliphatic heterocycles. The topological polar surface area (TPSA) is 54.0 Å². The van der Waals surface area contributed by atoms with Gasteiger partial charge in [-0.2, -0.15) is 0 Å². The Morgan fingerprint density at radius 3 is 2.42 bits per heavy atom. The van der Waals surface area contributed by atoms with Crippen LogP contribution in [0.4, 0.5) is 0 Å². The minimum atomic E-state index is -0.866. The molecule has 0 amide bonds. The van der Waals surface area contributed by atoms with Crippen molar-refractivity contribution in [1.29, 1.82) is 0 Å². The van der Waals surface area contributed by atoms with Crippen LogP contribution in [-0.4, -0.2) is 41.4 Å². The van der Waals surface area contributed by atoms with E-state index in [1.807, 2.05) is 51.1 Å². The number of alkyl halides is 1. The van der Waals surface area contributed by atoms with Crippen LogP contribution in [0, 0.1) is 16.7 Å². The van der Waals surface area contributed by atoms with Crippen molar-refractivity contribution in [2.45, 2.75) is 96.8 Å². The Kier molecular flexibility index (Phi) is 5.52. The van der Waals surface area contributed by atoms with Gasteiger partial charge in [-0.1, -0.05) is 62.8 Å². The summed E-state index contributed by atoms with van der Waals surface area (Å²) in [5.41, 5.74) is 2.16. The molecule has 2 saturated heterocycles. The SMILES string of the molecule is CC1=C2[C@H]3OC(C)(C)O[C@@H]3[C@]3(C)CCC=C(CCl)[C@H]3[C@@H]3O[C@H](c4ccccc4)O[C@@]3(CC1=O)C2(C)C. The number of ketones is 1. The molecule has 36 heavy (non-hydrogen) atoms. The zero-order chi connectivity index (χ0) is 25.7. The number of ether oxygens (including phenoxy) is 4. The highest BCUT2D eigenvalue weighted by Crippen LogP contribution is 2.67. The largest absolute Gasteiger partial charge is 0.344 e. The third-order valence-corrected chi connectivity index (χ3v) is 10.1. The van der Waals surface area contributed by atoms with Crippen LogP contribution >= 0.6 is 11.6 Å². The summed E-state index contributed by atoms with van der Waals surface area (Å²) in [7, 11) is 0. The number of carbonyl (C=O) groups is 1. The summed E-state index contributed by atoms with van der Waals surface area (Å²) in [5.74, 6) is -0.344. The molecule has 3 fully saturated rings. The van der Waals surface area contributed by atoms with Crippen molar-refractivity contribution in [3.8, 4) is 0 Å². The summed E-state index contributed by atoms with van der Waals surface area (Å²) in [6.45, 7) is 12.6. The molecular weight excluding hydrogens is 476 g/mol. The van der Waals surface area contributed by atoms with Crippen LogP contribution in [0.25, 0.3) is 0 Å². The predicted molar refractivity (Wildman–Crippen MR) is 137 cm³/mol. The molecule has 6 rings (SSSR count). The average Bonchev–Trinajstić information content (AvgIpc) is 3.36. The number of fused-ring (bicyclic) bond motifs is 6. The third kappa shape index (κ3) is 3.19. The first-order valence-corrected chi connectivity index (χ1v) is 13.7. The lowest BCUT2D eigenvalue weighted by atomic mass is 9.48. The van der Waals surface area contributed by atoms with Crippen LogP contribution in [-0.2, 0) is 23.7 Å². The lowest BCUT2D eigenvalue weighted by molar-refractivity contribution is -0.168. The maximum absolute atomic E-state index is 13.8. The van der Waals surface area contributed by atoms with Gasteiger partial charge in [0.1, 0.15) is 11.7 Å². The van der Waals surface area contributed by atoms with Crippen LogP contribution < -0.4 is 0 Å². The van der Waals surface area contributed by atoms with Crippen molar-refractivity contribution in [2.24, 2.45) is 16.7 Å². The molecule has 1 aromatic rings. The fourth-order valence-electron chi connectivity index (χ4n) is 8.01. The van der Waals surface area contributed by atoms with Crippen LogP contribution in [0.15, 0.2) is 53.1 Å². The molecular formula is C30H37ClO5. The fourth-order valence-corrected chi connectivity index (χ4v) is 8.29. The Balaban J connectivity index is 1.63. The molecule has 5 nitrogen and oxygen atoms in total. The van der Waals surface area contributed by atoms with Crippen LogP contribution in [0.5, 0.6) is 0 Å². The molecule has 1 aromatic carbocycles. The lowest BCUT2D eigenvalue weighted by Gasteiger charge is -2.59. The molecule has 1 saturated carbocycles. The Bertz CT molecular complexity index is 1150. The first kappa shape index (κ1) is 24.8. The maximum atomic E-state index is 13.8. The summed E-state index contributed by atoms with van der Waals surface area (Å²) in [6, 6.07) is 10.0. The maximum Gasteiger partial charge on any atom is 0.185 e. The van der Waals surface area contributed by atoms with E-state index in [2.05, 4.69) is 26.8 Å². The highest BCUT2D eigenvalue weighted by atomic mass is 35.5. The van der Waals surface area contributed by atoms with Gasteiger partial charge < -0.3 is 18.9 Å². The second-order valence-corrected chi connectivity index (χ2v) is 12.7. The van der Waals surface area contributed by atoms with E-state index in [-0.39, 0.29) is 41.8 Å². The second kappa shape index (κ2) is 8.00. The molecule has 0 aromatic heterocycles. The molecule has 5 aliphatic rings. The molecule has 1 spiro atoms. The molecule has 3 aliphatic carbocycles. The van der Waals surface area contributed by atoms with Gasteiger partial charge in [0.05, 0.1) is 12.2 Å². The number of rotatable bonds is 2. The van der Waals surface area contributed by atoms with E-state index in [1.54, 1.807) is 0 Å². The summed E-state index contributed by atoms with van der Waals surface area (Å²) >= 11 is 6.64. The number of hydrogen-bond donors (Lipinski definition) is 0. The van der Waals surface area contributed by atoms with E-state index in [1.165, 1.54) is 0 Å². The number of allylic oxidation sites excluding steroid dienone is 2. The lowest BCUT2D eigenvalue weighted by Crippen LogP contribution is -2.67. The van der Waals surface area contributed by atoms with Gasteiger partial charge in [0.25, 0.3) is 0 Å². The van der Waals surface area contributed by atoms with Gasteiger partial charge in [-0.05, 0) is 44.8 Å². The zero-order valence-electron chi connectivity index (χ0n) is 22.1. The molecule has 2 heterocycles. The Morgan fingerprint density at radius 2 is 1.72 bits per heavy atom. The van der Waals surface area contributed by atoms with Crippen LogP contribution in [0.2, 0.25) is 0 Å². The van der Waals surface area contributed by atoms with E-state index >= 15 is 0 Å². The minimum absolute atomic E-state index is 0.0745. The fraction of sp³-hybridized carbons (Fsp3) is 0.633. The first-order valence-electron chi connectivity index (χ1n) is 13.2. The van der Waals surface area contributed by atoms with Crippen molar-refractivity contribution >= 4 is 17.4 Å². The van der Waals surface area contributed by atoms with Crippen LogP contribution in [0.1, 0.15) is 72.7 Å². The molecule has 2 bridgehead atoms. The second-order valence-electron chi connectivity index (χ2n) is 12.5. The van der Waals surface area contributed by atoms with Gasteiger partial charge in [-0.25, -0.2) is 0 Å². The zero-order valence-corrected chi connectivity index (χ0v) is 22.9. The van der Waals surface area contributed by atoms with Gasteiger partial charge in [0.2, 0.25) is 0 Å². The highest BCUT2D eigenvalue weighted by molar-refractivity contribution is 6.19. The highest BCUT2D eigenvalue weighted by Gasteiger charge is 2.72. The normalized spacial score (nSPS) is 42.7. The summed E-state index contributed by atoms with van der Waals surface area (Å²) in [6.07, 6.45) is 2.86. The van der Waals surface area contributed by atoms with Gasteiger partial charge in [0.15, 0.2) is 17.9 Å². The first-order chi connectivity index (χ1) is 17.0. The van der Waals surface area contributed by atoms with Crippen molar-refractivity contribution in [1.82, 2.24) is 0 Å². The number of halogens is 1. The van der Waals surface area contributed by atoms with E-state index in [0.29, 0.717) is 5.88 Å². The van der Waals surface area contributed by atoms with E-state index in [9.17, 15) is 4.79 Å². The van der Waals surface area contributed by atoms with Gasteiger partial charge in [-0.15, -0.1) is 11.6 Å². The van der Waals surface area contributed by atoms with E-state index < -0.39 is 23.1 Å². The molecule has 0 radical (unpaired) electrons. The summed E-state index contributed by atoms with van der Waals surface area (Å²) in [4.78, 5) is 13.8. The van der Waals surface area contributed by atoms with Crippen molar-refractivity contribution in [2.75, 3.05) is 5.88 Å². The summed E-state index contributed by atoms with van der Waals surface area (Å²) in [5, 5.41) is 0. The Hall–Kier alpha value is -1.50. The summed E-state index contributed by atoms with van der Waals surface area (Å²) < 4.78 is 27.4. The number of Topliss-reactive ketones (excluding diaryl/α,β-unsaturated/α-hetero) is 1. The minimum Gasteiger partial charge on any atom is -0.344 e. The van der Waals surface area contributed by atoms with E-state index in [0.717, 1.165) is 35.1 Å². The molecule has 6 heteroatoms. The molecule has 0 unspecified atom stereocenters. The number of benzene rings is 1. The molecule has 7 atom stereocenters. The van der Waals surface area contributed by atoms with Gasteiger partial charge in [0, 0.05) is 34.6 Å². The third-order valence-electron chi connectivity index (χ3n) is 9.78. The van der Waals surface area contributed by atoms with Gasteiger partial charge >= 0.3 is 0 Å². The van der Waals surface area contributed by atoms with Crippen molar-refractivity contribution in [3.05, 3.63) is 58.7 Å². The van der Waals surface area contributed by atoms with Crippen molar-refractivity contribution in [3.63, 3.8) is 0 Å². The number of hydrogen-bond acceptors (Lipinski definition) is 5. The standard InChI is InChI=1S/C30H37ClO5/c1-17-20(32)15-30-24(33-26(36-30)18-11-8-7-9-12-18)22-19(16-31)13-10-14-29(22,6)25-23(21(17)27(30,2)3)34-28(4,5)35-25/h7-9,11-13,22-26H,10,14-16H2,1-6H3/t22-,23+,24-,25-,26-,29+,30+/m0/s1.